The smallest absolute Gasteiger partial charge is 0.120 e. The summed E-state index contributed by atoms with van der Waals surface area (Å²) in [5.41, 5.74) is 12.5. The summed E-state index contributed by atoms with van der Waals surface area (Å²) >= 11 is 0. The maximum atomic E-state index is 10.3. The topological polar surface area (TPSA) is 92.5 Å². The predicted octanol–water partition coefficient (Wildman–Crippen LogP) is 1.20. The fourth-order valence-corrected chi connectivity index (χ4v) is 2.56. The lowest BCUT2D eigenvalue weighted by Gasteiger charge is -2.29. The standard InChI is InChI=1S/C18H24N2O2/c19-16(11-14-7-3-1-4-8-14)17(21)13-18(20,22)12-15-9-5-2-6-10-15/h1-10,16-17,21-22H,11-13,19-20H2. The van der Waals surface area contributed by atoms with Crippen molar-refractivity contribution in [2.24, 2.45) is 11.5 Å². The lowest BCUT2D eigenvalue weighted by atomic mass is 9.92. The molecule has 0 bridgehead atoms. The van der Waals surface area contributed by atoms with Gasteiger partial charge in [-0.3, -0.25) is 0 Å². The van der Waals surface area contributed by atoms with E-state index in [0.717, 1.165) is 11.1 Å². The maximum absolute atomic E-state index is 10.3. The fraction of sp³-hybridized carbons (Fsp3) is 0.333. The minimum absolute atomic E-state index is 0.0376. The third kappa shape index (κ3) is 5.24. The zero-order valence-electron chi connectivity index (χ0n) is 12.6. The molecule has 4 nitrogen and oxygen atoms in total. The van der Waals surface area contributed by atoms with Gasteiger partial charge in [-0.15, -0.1) is 0 Å². The fourth-order valence-electron chi connectivity index (χ4n) is 2.56. The van der Waals surface area contributed by atoms with Crippen molar-refractivity contribution in [3.05, 3.63) is 71.8 Å². The Bertz CT molecular complexity index is 558. The number of benzene rings is 2. The molecule has 22 heavy (non-hydrogen) atoms. The van der Waals surface area contributed by atoms with Gasteiger partial charge in [-0.25, -0.2) is 0 Å². The van der Waals surface area contributed by atoms with E-state index in [-0.39, 0.29) is 12.8 Å². The number of aliphatic hydroxyl groups excluding tert-OH is 1. The molecule has 0 spiro atoms. The van der Waals surface area contributed by atoms with Gasteiger partial charge in [0.05, 0.1) is 6.10 Å². The van der Waals surface area contributed by atoms with Gasteiger partial charge in [-0.05, 0) is 17.5 Å². The van der Waals surface area contributed by atoms with Gasteiger partial charge in [0, 0.05) is 18.9 Å². The van der Waals surface area contributed by atoms with Gasteiger partial charge in [-0.1, -0.05) is 60.7 Å². The average molecular weight is 300 g/mol. The average Bonchev–Trinajstić information content (AvgIpc) is 2.48. The molecule has 2 rings (SSSR count). The molecule has 3 unspecified atom stereocenters. The van der Waals surface area contributed by atoms with Crippen molar-refractivity contribution in [3.8, 4) is 0 Å². The number of hydrogen-bond donors (Lipinski definition) is 4. The van der Waals surface area contributed by atoms with E-state index in [4.69, 9.17) is 11.5 Å². The molecule has 0 saturated carbocycles. The molecule has 0 aliphatic rings. The zero-order valence-corrected chi connectivity index (χ0v) is 12.6. The lowest BCUT2D eigenvalue weighted by Crippen LogP contribution is -2.49. The van der Waals surface area contributed by atoms with Crippen molar-refractivity contribution in [3.63, 3.8) is 0 Å². The van der Waals surface area contributed by atoms with Crippen LogP contribution in [0.25, 0.3) is 0 Å². The SMILES string of the molecule is NC(Cc1ccccc1)C(O)CC(N)(O)Cc1ccccc1. The van der Waals surface area contributed by atoms with Gasteiger partial charge in [0.2, 0.25) is 0 Å². The Morgan fingerprint density at radius 3 is 1.95 bits per heavy atom. The van der Waals surface area contributed by atoms with Crippen LogP contribution in [0.4, 0.5) is 0 Å². The lowest BCUT2D eigenvalue weighted by molar-refractivity contribution is -0.0128. The van der Waals surface area contributed by atoms with Crippen molar-refractivity contribution < 1.29 is 10.2 Å². The molecule has 0 amide bonds. The molecule has 2 aromatic carbocycles. The van der Waals surface area contributed by atoms with E-state index in [1.807, 2.05) is 60.7 Å². The van der Waals surface area contributed by atoms with Crippen LogP contribution in [-0.4, -0.2) is 28.1 Å². The summed E-state index contributed by atoms with van der Waals surface area (Å²) in [6, 6.07) is 18.7. The number of aliphatic hydroxyl groups is 2. The molecule has 0 aliphatic carbocycles. The molecule has 2 aromatic rings. The first-order valence-corrected chi connectivity index (χ1v) is 7.49. The highest BCUT2D eigenvalue weighted by molar-refractivity contribution is 5.18. The molecule has 0 aliphatic heterocycles. The highest BCUT2D eigenvalue weighted by Gasteiger charge is 2.28. The molecule has 3 atom stereocenters. The molecular weight excluding hydrogens is 276 g/mol. The second-order valence-electron chi connectivity index (χ2n) is 5.89. The monoisotopic (exact) mass is 300 g/mol. The molecular formula is C18H24N2O2. The third-order valence-corrected chi connectivity index (χ3v) is 3.72. The first-order valence-electron chi connectivity index (χ1n) is 7.49. The molecule has 0 saturated heterocycles. The van der Waals surface area contributed by atoms with Crippen molar-refractivity contribution in [1.82, 2.24) is 0 Å². The maximum Gasteiger partial charge on any atom is 0.120 e. The van der Waals surface area contributed by atoms with Crippen LogP contribution in [0.2, 0.25) is 0 Å². The Balaban J connectivity index is 1.90. The molecule has 0 heterocycles. The summed E-state index contributed by atoms with van der Waals surface area (Å²) in [4.78, 5) is 0. The van der Waals surface area contributed by atoms with E-state index < -0.39 is 17.9 Å². The number of hydrogen-bond acceptors (Lipinski definition) is 4. The van der Waals surface area contributed by atoms with Crippen LogP contribution in [0.3, 0.4) is 0 Å². The Labute approximate surface area is 131 Å². The first-order chi connectivity index (χ1) is 10.5. The summed E-state index contributed by atoms with van der Waals surface area (Å²) in [6.45, 7) is 0. The Kier molecular flexibility index (Phi) is 5.69. The Morgan fingerprint density at radius 2 is 1.41 bits per heavy atom. The van der Waals surface area contributed by atoms with Crippen LogP contribution in [0.5, 0.6) is 0 Å². The summed E-state index contributed by atoms with van der Waals surface area (Å²) in [6.07, 6.45) is 0.00126. The molecule has 0 aromatic heterocycles. The van der Waals surface area contributed by atoms with Gasteiger partial charge in [0.15, 0.2) is 0 Å². The summed E-state index contributed by atoms with van der Waals surface area (Å²) < 4.78 is 0. The third-order valence-electron chi connectivity index (χ3n) is 3.72. The van der Waals surface area contributed by atoms with Crippen LogP contribution in [0.15, 0.2) is 60.7 Å². The summed E-state index contributed by atoms with van der Waals surface area (Å²) in [5.74, 6) is 0. The first kappa shape index (κ1) is 16.6. The Hall–Kier alpha value is -1.72. The van der Waals surface area contributed by atoms with Gasteiger partial charge in [-0.2, -0.15) is 0 Å². The van der Waals surface area contributed by atoms with E-state index in [1.165, 1.54) is 0 Å². The van der Waals surface area contributed by atoms with Crippen molar-refractivity contribution in [1.29, 1.82) is 0 Å². The van der Waals surface area contributed by atoms with Crippen molar-refractivity contribution in [2.45, 2.75) is 37.1 Å². The molecule has 4 heteroatoms. The summed E-state index contributed by atoms with van der Waals surface area (Å²) in [5, 5.41) is 20.5. The van der Waals surface area contributed by atoms with Gasteiger partial charge in [0.25, 0.3) is 0 Å². The summed E-state index contributed by atoms with van der Waals surface area (Å²) in [7, 11) is 0. The van der Waals surface area contributed by atoms with Gasteiger partial charge >= 0.3 is 0 Å². The second kappa shape index (κ2) is 7.51. The minimum atomic E-state index is -1.48. The minimum Gasteiger partial charge on any atom is -0.391 e. The Morgan fingerprint density at radius 1 is 0.909 bits per heavy atom. The van der Waals surface area contributed by atoms with E-state index in [2.05, 4.69) is 0 Å². The molecule has 0 radical (unpaired) electrons. The van der Waals surface area contributed by atoms with Gasteiger partial charge < -0.3 is 21.7 Å². The number of rotatable bonds is 7. The van der Waals surface area contributed by atoms with E-state index in [9.17, 15) is 10.2 Å². The van der Waals surface area contributed by atoms with E-state index in [1.54, 1.807) is 0 Å². The van der Waals surface area contributed by atoms with Crippen LogP contribution in [0, 0.1) is 0 Å². The molecule has 6 N–H and O–H groups in total. The quantitative estimate of drug-likeness (QED) is 0.578. The van der Waals surface area contributed by atoms with Crippen LogP contribution in [-0.2, 0) is 12.8 Å². The van der Waals surface area contributed by atoms with E-state index >= 15 is 0 Å². The zero-order chi connectivity index (χ0) is 16.0. The van der Waals surface area contributed by atoms with Crippen LogP contribution < -0.4 is 11.5 Å². The van der Waals surface area contributed by atoms with E-state index in [0.29, 0.717) is 6.42 Å². The normalized spacial score (nSPS) is 16.7. The number of nitrogens with two attached hydrogens (primary N) is 2. The van der Waals surface area contributed by atoms with Gasteiger partial charge in [0.1, 0.15) is 5.72 Å². The van der Waals surface area contributed by atoms with Crippen molar-refractivity contribution >= 4 is 0 Å². The highest BCUT2D eigenvalue weighted by Crippen LogP contribution is 2.16. The molecule has 0 fully saturated rings. The molecule has 118 valence electrons. The predicted molar refractivity (Wildman–Crippen MR) is 88.0 cm³/mol. The van der Waals surface area contributed by atoms with Crippen LogP contribution in [0.1, 0.15) is 17.5 Å². The van der Waals surface area contributed by atoms with Crippen molar-refractivity contribution in [2.75, 3.05) is 0 Å². The highest BCUT2D eigenvalue weighted by atomic mass is 16.3. The second-order valence-corrected chi connectivity index (χ2v) is 5.89. The largest absolute Gasteiger partial charge is 0.391 e. The van der Waals surface area contributed by atoms with Crippen LogP contribution >= 0.6 is 0 Å².